The number of ketones is 2. The summed E-state index contributed by atoms with van der Waals surface area (Å²) in [6.07, 6.45) is 0. The van der Waals surface area contributed by atoms with Gasteiger partial charge < -0.3 is 0 Å². The molecule has 0 aromatic heterocycles. The highest BCUT2D eigenvalue weighted by atomic mass is 33.1. The van der Waals surface area contributed by atoms with Gasteiger partial charge in [-0.15, -0.1) is 0 Å². The summed E-state index contributed by atoms with van der Waals surface area (Å²) in [4.78, 5) is 23.6. The number of hydrogen-bond acceptors (Lipinski definition) is 4. The maximum atomic E-state index is 11.8. The molecule has 0 N–H and O–H groups in total. The van der Waals surface area contributed by atoms with Crippen LogP contribution in [0, 0.1) is 0 Å². The second-order valence-electron chi connectivity index (χ2n) is 6.89. The third-order valence-corrected chi connectivity index (χ3v) is 6.77. The molecule has 0 amide bonds. The molecule has 0 spiro atoms. The van der Waals surface area contributed by atoms with Gasteiger partial charge in [-0.1, -0.05) is 143 Å². The molecule has 0 unspecified atom stereocenters. The predicted octanol–water partition coefficient (Wildman–Crippen LogP) is 7.52. The second kappa shape index (κ2) is 13.4. The standard InChI is InChI=1S/C14H10O2.C14H14S2/c15-13(11-7-3-1-4-8-11)14(16)12-9-5-2-6-10-12;1-3-7-13(8-4-1)11-15-16-12-14-9-5-2-6-10-14/h1-10H;1-10H,11-12H2. The molecule has 0 bridgehead atoms. The van der Waals surface area contributed by atoms with E-state index in [2.05, 4.69) is 60.7 Å². The third kappa shape index (κ3) is 7.88. The van der Waals surface area contributed by atoms with Crippen molar-refractivity contribution < 1.29 is 9.59 Å². The molecule has 0 fully saturated rings. The van der Waals surface area contributed by atoms with E-state index in [1.165, 1.54) is 11.1 Å². The van der Waals surface area contributed by atoms with Gasteiger partial charge in [0, 0.05) is 22.6 Å². The molecule has 4 aromatic rings. The van der Waals surface area contributed by atoms with E-state index in [0.29, 0.717) is 11.1 Å². The van der Waals surface area contributed by atoms with Gasteiger partial charge in [-0.05, 0) is 11.1 Å². The predicted molar refractivity (Wildman–Crippen MR) is 137 cm³/mol. The molecule has 0 aliphatic heterocycles. The molecular weight excluding hydrogens is 432 g/mol. The summed E-state index contributed by atoms with van der Waals surface area (Å²) in [6.45, 7) is 0. The van der Waals surface area contributed by atoms with Gasteiger partial charge in [-0.2, -0.15) is 0 Å². The largest absolute Gasteiger partial charge is 0.285 e. The van der Waals surface area contributed by atoms with Crippen LogP contribution in [0.1, 0.15) is 31.8 Å². The van der Waals surface area contributed by atoms with Gasteiger partial charge in [0.1, 0.15) is 0 Å². The molecular formula is C28H24O2S2. The van der Waals surface area contributed by atoms with Crippen molar-refractivity contribution in [3.8, 4) is 0 Å². The second-order valence-corrected chi connectivity index (χ2v) is 9.35. The quantitative estimate of drug-likeness (QED) is 0.119. The molecule has 0 aliphatic rings. The van der Waals surface area contributed by atoms with Gasteiger partial charge in [-0.25, -0.2) is 0 Å². The molecule has 0 saturated carbocycles. The topological polar surface area (TPSA) is 34.1 Å². The Morgan fingerprint density at radius 3 is 1.03 bits per heavy atom. The van der Waals surface area contributed by atoms with Crippen LogP contribution in [0.25, 0.3) is 0 Å². The van der Waals surface area contributed by atoms with Crippen LogP contribution in [0.2, 0.25) is 0 Å². The number of benzene rings is 4. The zero-order chi connectivity index (χ0) is 22.4. The summed E-state index contributed by atoms with van der Waals surface area (Å²) in [5.41, 5.74) is 3.65. The van der Waals surface area contributed by atoms with Crippen LogP contribution in [-0.4, -0.2) is 11.6 Å². The molecule has 2 nitrogen and oxygen atoms in total. The van der Waals surface area contributed by atoms with E-state index in [9.17, 15) is 9.59 Å². The molecule has 32 heavy (non-hydrogen) atoms. The van der Waals surface area contributed by atoms with Gasteiger partial charge in [0.15, 0.2) is 0 Å². The van der Waals surface area contributed by atoms with Crippen molar-refractivity contribution in [2.75, 3.05) is 0 Å². The minimum Gasteiger partial charge on any atom is -0.285 e. The van der Waals surface area contributed by atoms with Gasteiger partial charge in [0.05, 0.1) is 0 Å². The maximum absolute atomic E-state index is 11.8. The molecule has 4 aromatic carbocycles. The Morgan fingerprint density at radius 2 is 0.719 bits per heavy atom. The van der Waals surface area contributed by atoms with Crippen LogP contribution in [0.15, 0.2) is 121 Å². The monoisotopic (exact) mass is 456 g/mol. The smallest absolute Gasteiger partial charge is 0.233 e. The Balaban J connectivity index is 0.000000181. The normalized spacial score (nSPS) is 10.0. The molecule has 0 atom stereocenters. The first-order valence-corrected chi connectivity index (χ1v) is 12.7. The summed E-state index contributed by atoms with van der Waals surface area (Å²) in [7, 11) is 3.84. The van der Waals surface area contributed by atoms with Crippen LogP contribution in [0.3, 0.4) is 0 Å². The Bertz CT molecular complexity index is 992. The molecule has 4 rings (SSSR count). The van der Waals surface area contributed by atoms with Crippen LogP contribution < -0.4 is 0 Å². The Morgan fingerprint density at radius 1 is 0.438 bits per heavy atom. The SMILES string of the molecule is O=C(C(=O)c1ccccc1)c1ccccc1.c1ccc(CSSCc2ccccc2)cc1. The third-order valence-electron chi connectivity index (χ3n) is 4.50. The van der Waals surface area contributed by atoms with Crippen molar-refractivity contribution in [3.63, 3.8) is 0 Å². The first-order valence-electron chi connectivity index (χ1n) is 10.3. The van der Waals surface area contributed by atoms with Gasteiger partial charge in [-0.3, -0.25) is 9.59 Å². The van der Waals surface area contributed by atoms with Gasteiger partial charge in [0.2, 0.25) is 11.6 Å². The zero-order valence-corrected chi connectivity index (χ0v) is 19.2. The van der Waals surface area contributed by atoms with E-state index in [1.807, 2.05) is 33.7 Å². The van der Waals surface area contributed by atoms with E-state index in [-0.39, 0.29) is 0 Å². The first-order chi connectivity index (χ1) is 15.7. The highest BCUT2D eigenvalue weighted by Gasteiger charge is 2.17. The van der Waals surface area contributed by atoms with Crippen LogP contribution in [-0.2, 0) is 11.5 Å². The number of carbonyl (C=O) groups excluding carboxylic acids is 2. The minimum atomic E-state index is -0.466. The lowest BCUT2D eigenvalue weighted by Gasteiger charge is -2.01. The summed E-state index contributed by atoms with van der Waals surface area (Å²) in [5.74, 6) is 1.23. The Hall–Kier alpha value is -3.08. The molecule has 0 radical (unpaired) electrons. The van der Waals surface area contributed by atoms with Crippen molar-refractivity contribution in [2.45, 2.75) is 11.5 Å². The van der Waals surface area contributed by atoms with E-state index < -0.39 is 11.6 Å². The first kappa shape index (κ1) is 23.6. The van der Waals surface area contributed by atoms with Crippen molar-refractivity contribution in [2.24, 2.45) is 0 Å². The summed E-state index contributed by atoms with van der Waals surface area (Å²) in [5, 5.41) is 0. The van der Waals surface area contributed by atoms with Gasteiger partial charge >= 0.3 is 0 Å². The molecule has 0 saturated heterocycles. The lowest BCUT2D eigenvalue weighted by molar-refractivity contribution is 0.0817. The number of rotatable bonds is 8. The summed E-state index contributed by atoms with van der Waals surface area (Å²) in [6, 6.07) is 38.4. The van der Waals surface area contributed by atoms with Crippen molar-refractivity contribution in [1.29, 1.82) is 0 Å². The Labute approximate surface area is 197 Å². The average Bonchev–Trinajstić information content (AvgIpc) is 2.88. The molecule has 160 valence electrons. The van der Waals surface area contributed by atoms with E-state index >= 15 is 0 Å². The van der Waals surface area contributed by atoms with Crippen molar-refractivity contribution in [3.05, 3.63) is 144 Å². The number of hydrogen-bond donors (Lipinski definition) is 0. The lowest BCUT2D eigenvalue weighted by atomic mass is 10.0. The fourth-order valence-corrected chi connectivity index (χ4v) is 4.95. The molecule has 0 aliphatic carbocycles. The zero-order valence-electron chi connectivity index (χ0n) is 17.6. The average molecular weight is 457 g/mol. The van der Waals surface area contributed by atoms with E-state index in [1.54, 1.807) is 48.5 Å². The minimum absolute atomic E-state index is 0.427. The van der Waals surface area contributed by atoms with Crippen LogP contribution in [0.4, 0.5) is 0 Å². The highest BCUT2D eigenvalue weighted by Crippen LogP contribution is 2.29. The van der Waals surface area contributed by atoms with Crippen molar-refractivity contribution in [1.82, 2.24) is 0 Å². The van der Waals surface area contributed by atoms with Gasteiger partial charge in [0.25, 0.3) is 0 Å². The number of carbonyl (C=O) groups is 2. The van der Waals surface area contributed by atoms with E-state index in [0.717, 1.165) is 11.5 Å². The van der Waals surface area contributed by atoms with Crippen LogP contribution >= 0.6 is 21.6 Å². The Kier molecular flexibility index (Phi) is 9.84. The van der Waals surface area contributed by atoms with E-state index in [4.69, 9.17) is 0 Å². The van der Waals surface area contributed by atoms with Crippen molar-refractivity contribution >= 4 is 33.2 Å². The van der Waals surface area contributed by atoms with Crippen LogP contribution in [0.5, 0.6) is 0 Å². The fraction of sp³-hybridized carbons (Fsp3) is 0.0714. The summed E-state index contributed by atoms with van der Waals surface area (Å²) < 4.78 is 0. The lowest BCUT2D eigenvalue weighted by Crippen LogP contribution is -2.14. The molecule has 4 heteroatoms. The highest BCUT2D eigenvalue weighted by molar-refractivity contribution is 8.76. The number of Topliss-reactive ketones (excluding diaryl/α,β-unsaturated/α-hetero) is 2. The molecule has 0 heterocycles. The maximum Gasteiger partial charge on any atom is 0.233 e. The summed E-state index contributed by atoms with van der Waals surface area (Å²) >= 11 is 0. The fourth-order valence-electron chi connectivity index (χ4n) is 2.81.